The van der Waals surface area contributed by atoms with E-state index in [4.69, 9.17) is 0 Å². The molecule has 1 saturated heterocycles. The number of nitrogens with zero attached hydrogens (tertiary/aromatic N) is 1. The Labute approximate surface area is 123 Å². The van der Waals surface area contributed by atoms with Gasteiger partial charge in [0.1, 0.15) is 0 Å². The van der Waals surface area contributed by atoms with E-state index in [1.165, 1.54) is 0 Å². The minimum absolute atomic E-state index is 0. The molecule has 1 N–H and O–H groups in total. The van der Waals surface area contributed by atoms with Crippen LogP contribution in [0.1, 0.15) is 33.1 Å². The third kappa shape index (κ3) is 3.40. The number of barbiturate groups is 1. The molecular weight excluding hydrogens is 231 g/mol. The van der Waals surface area contributed by atoms with Gasteiger partial charge in [0.05, 0.1) is 5.41 Å². The maximum Gasteiger partial charge on any atom is 1.00 e. The number of hydrogen-bond donors (Lipinski definition) is 1. The number of hydrogen-bond acceptors (Lipinski definition) is 3. The van der Waals surface area contributed by atoms with Crippen molar-refractivity contribution in [3.8, 4) is 0 Å². The van der Waals surface area contributed by atoms with Gasteiger partial charge in [0.15, 0.2) is 17.8 Å². The van der Waals surface area contributed by atoms with Crippen LogP contribution < -0.4 is 34.9 Å². The number of amides is 4. The van der Waals surface area contributed by atoms with Crippen LogP contribution in [0.2, 0.25) is 0 Å². The van der Waals surface area contributed by atoms with Gasteiger partial charge in [0, 0.05) is 0 Å². The van der Waals surface area contributed by atoms with Crippen molar-refractivity contribution in [1.29, 1.82) is 0 Å². The zero-order chi connectivity index (χ0) is 12.2. The molecule has 6 heteroatoms. The number of allylic oxidation sites excluding steroid dienone is 2. The molecule has 1 fully saturated rings. The average Bonchev–Trinajstić information content (AvgIpc) is 2.22. The fourth-order valence-corrected chi connectivity index (χ4v) is 1.63. The Kier molecular flexibility index (Phi) is 6.67. The Morgan fingerprint density at radius 3 is 2.35 bits per heavy atom. The molecule has 88 valence electrons. The van der Waals surface area contributed by atoms with E-state index in [0.717, 1.165) is 6.42 Å². The first-order valence-corrected chi connectivity index (χ1v) is 5.33. The summed E-state index contributed by atoms with van der Waals surface area (Å²) in [6.45, 7) is 3.70. The van der Waals surface area contributed by atoms with Crippen molar-refractivity contribution in [2.75, 3.05) is 0 Å². The molecular formula is C11H15N2NaO3. The predicted molar refractivity (Wildman–Crippen MR) is 58.7 cm³/mol. The van der Waals surface area contributed by atoms with Crippen LogP contribution in [-0.2, 0) is 9.59 Å². The second kappa shape index (κ2) is 6.93. The first-order valence-electron chi connectivity index (χ1n) is 5.33. The minimum Gasteiger partial charge on any atom is -0.394 e. The van der Waals surface area contributed by atoms with E-state index in [2.05, 4.69) is 10.6 Å². The molecule has 1 aliphatic heterocycles. The monoisotopic (exact) mass is 246 g/mol. The standard InChI is InChI=1S/C11H16N2O3.Na/c1-3-5-6-7-11(4-2)8(14)12-10(16)13-9(11)15;/h5-6H,3-4,7H2,1-2H3,(H2,12,13,14,15,16);/q;+1/p-1/b6-5+;. The van der Waals surface area contributed by atoms with E-state index < -0.39 is 23.3 Å². The van der Waals surface area contributed by atoms with Crippen LogP contribution in [0.3, 0.4) is 0 Å². The smallest absolute Gasteiger partial charge is 0.394 e. The number of urea groups is 1. The van der Waals surface area contributed by atoms with Crippen molar-refractivity contribution < 1.29 is 43.9 Å². The molecule has 1 rings (SSSR count). The van der Waals surface area contributed by atoms with Crippen molar-refractivity contribution in [3.63, 3.8) is 0 Å². The molecule has 0 bridgehead atoms. The molecule has 0 spiro atoms. The molecule has 0 radical (unpaired) electrons. The summed E-state index contributed by atoms with van der Waals surface area (Å²) >= 11 is 0. The molecule has 0 saturated carbocycles. The Balaban J connectivity index is 0.00000256. The summed E-state index contributed by atoms with van der Waals surface area (Å²) in [7, 11) is 0. The largest absolute Gasteiger partial charge is 1.00 e. The van der Waals surface area contributed by atoms with E-state index in [0.29, 0.717) is 12.8 Å². The summed E-state index contributed by atoms with van der Waals surface area (Å²) in [5.74, 6) is -1.18. The Bertz CT molecular complexity index is 333. The van der Waals surface area contributed by atoms with E-state index >= 15 is 0 Å². The number of rotatable bonds is 4. The Morgan fingerprint density at radius 2 is 1.88 bits per heavy atom. The normalized spacial score (nSPS) is 24.2. The van der Waals surface area contributed by atoms with Crippen LogP contribution in [0, 0.1) is 5.41 Å². The van der Waals surface area contributed by atoms with Gasteiger partial charge in [-0.25, -0.2) is 0 Å². The van der Waals surface area contributed by atoms with Crippen LogP contribution >= 0.6 is 0 Å². The van der Waals surface area contributed by atoms with Crippen molar-refractivity contribution in [3.05, 3.63) is 17.5 Å². The maximum absolute atomic E-state index is 11.7. The van der Waals surface area contributed by atoms with Gasteiger partial charge in [0.2, 0.25) is 0 Å². The third-order valence-electron chi connectivity index (χ3n) is 2.74. The van der Waals surface area contributed by atoms with Crippen LogP contribution in [0.5, 0.6) is 0 Å². The van der Waals surface area contributed by atoms with Crippen molar-refractivity contribution in [2.45, 2.75) is 33.1 Å². The first-order chi connectivity index (χ1) is 7.56. The van der Waals surface area contributed by atoms with Crippen molar-refractivity contribution >= 4 is 17.8 Å². The zero-order valence-electron chi connectivity index (χ0n) is 10.4. The topological polar surface area (TPSA) is 77.3 Å². The molecule has 1 unspecified atom stereocenters. The quantitative estimate of drug-likeness (QED) is 0.388. The Hall–Kier alpha value is -0.650. The van der Waals surface area contributed by atoms with Crippen LogP contribution in [0.15, 0.2) is 12.2 Å². The molecule has 17 heavy (non-hydrogen) atoms. The average molecular weight is 246 g/mol. The fraction of sp³-hybridized carbons (Fsp3) is 0.545. The molecule has 0 aromatic carbocycles. The van der Waals surface area contributed by atoms with E-state index in [1.807, 2.05) is 13.0 Å². The second-order valence-electron chi connectivity index (χ2n) is 3.70. The van der Waals surface area contributed by atoms with Crippen molar-refractivity contribution in [1.82, 2.24) is 5.32 Å². The van der Waals surface area contributed by atoms with Crippen LogP contribution in [-0.4, -0.2) is 17.8 Å². The van der Waals surface area contributed by atoms with E-state index in [9.17, 15) is 14.4 Å². The van der Waals surface area contributed by atoms with E-state index in [-0.39, 0.29) is 29.6 Å². The number of nitrogens with one attached hydrogen (secondary N) is 1. The molecule has 0 aromatic rings. The number of carbonyl (C=O) groups is 3. The van der Waals surface area contributed by atoms with Crippen molar-refractivity contribution in [2.24, 2.45) is 5.41 Å². The molecule has 1 heterocycles. The SMILES string of the molecule is CC/C=C/CC1(CC)C(=O)[N-]C(=O)NC1=O.[Na+]. The first kappa shape index (κ1) is 16.4. The summed E-state index contributed by atoms with van der Waals surface area (Å²) in [5, 5.41) is 5.37. The maximum atomic E-state index is 11.7. The Morgan fingerprint density at radius 1 is 1.24 bits per heavy atom. The van der Waals surface area contributed by atoms with Crippen LogP contribution in [0.4, 0.5) is 4.79 Å². The summed E-state index contributed by atoms with van der Waals surface area (Å²) < 4.78 is 0. The summed E-state index contributed by atoms with van der Waals surface area (Å²) in [4.78, 5) is 34.3. The van der Waals surface area contributed by atoms with Gasteiger partial charge >= 0.3 is 29.6 Å². The zero-order valence-corrected chi connectivity index (χ0v) is 12.4. The van der Waals surface area contributed by atoms with E-state index in [1.54, 1.807) is 13.0 Å². The summed E-state index contributed by atoms with van der Waals surface area (Å²) in [5.41, 5.74) is -1.19. The van der Waals surface area contributed by atoms with Crippen LogP contribution in [0.25, 0.3) is 5.32 Å². The fourth-order valence-electron chi connectivity index (χ4n) is 1.63. The van der Waals surface area contributed by atoms with Gasteiger partial charge in [0.25, 0.3) is 0 Å². The van der Waals surface area contributed by atoms with Gasteiger partial charge in [-0.3, -0.25) is 14.4 Å². The number of carbonyl (C=O) groups excluding carboxylic acids is 3. The molecule has 1 atom stereocenters. The molecule has 5 nitrogen and oxygen atoms in total. The van der Waals surface area contributed by atoms with Gasteiger partial charge < -0.3 is 10.6 Å². The predicted octanol–water partition coefficient (Wildman–Crippen LogP) is -1.11. The molecule has 0 aromatic heterocycles. The number of imide groups is 2. The summed E-state index contributed by atoms with van der Waals surface area (Å²) in [6.07, 6.45) is 5.13. The summed E-state index contributed by atoms with van der Waals surface area (Å²) in [6, 6.07) is -0.862. The molecule has 1 aliphatic rings. The van der Waals surface area contributed by atoms with Gasteiger partial charge in [-0.05, 0) is 19.3 Å². The second-order valence-corrected chi connectivity index (χ2v) is 3.70. The molecule has 4 amide bonds. The van der Waals surface area contributed by atoms with Gasteiger partial charge in [-0.1, -0.05) is 26.0 Å². The third-order valence-corrected chi connectivity index (χ3v) is 2.74. The minimum atomic E-state index is -1.19. The van der Waals surface area contributed by atoms with Gasteiger partial charge in [-0.2, -0.15) is 0 Å². The molecule has 0 aliphatic carbocycles. The van der Waals surface area contributed by atoms with Gasteiger partial charge in [-0.15, -0.1) is 0 Å².